The summed E-state index contributed by atoms with van der Waals surface area (Å²) in [5.41, 5.74) is 2.39. The van der Waals surface area contributed by atoms with Crippen molar-refractivity contribution in [3.8, 4) is 11.1 Å². The van der Waals surface area contributed by atoms with Crippen molar-refractivity contribution in [2.45, 2.75) is 0 Å². The molecule has 1 nitrogen and oxygen atoms in total. The number of nitrogens with one attached hydrogen (secondary N) is 1. The zero-order chi connectivity index (χ0) is 9.26. The van der Waals surface area contributed by atoms with Gasteiger partial charge in [0, 0.05) is 26.9 Å². The normalized spacial score (nSPS) is 10.3. The first-order chi connectivity index (χ1) is 6.27. The maximum Gasteiger partial charge on any atom is 0.0265 e. The monoisotopic (exact) mass is 299 g/mol. The Hall–Kier alpha value is -0.540. The van der Waals surface area contributed by atoms with Crippen molar-refractivity contribution < 1.29 is 0 Å². The van der Waals surface area contributed by atoms with Crippen LogP contribution in [-0.4, -0.2) is 4.98 Å². The summed E-state index contributed by atoms with van der Waals surface area (Å²) in [5, 5.41) is 0. The average Bonchev–Trinajstić information content (AvgIpc) is 2.56. The van der Waals surface area contributed by atoms with Gasteiger partial charge in [-0.15, -0.1) is 0 Å². The molecule has 1 aromatic heterocycles. The Kier molecular flexibility index (Phi) is 2.56. The summed E-state index contributed by atoms with van der Waals surface area (Å²) in [6, 6.07) is 8.21. The Morgan fingerprint density at radius 1 is 1.08 bits per heavy atom. The molecule has 66 valence electrons. The molecule has 0 aliphatic carbocycles. The van der Waals surface area contributed by atoms with Crippen LogP contribution in [0.1, 0.15) is 0 Å². The van der Waals surface area contributed by atoms with Gasteiger partial charge in [-0.1, -0.05) is 37.9 Å². The van der Waals surface area contributed by atoms with E-state index >= 15 is 0 Å². The molecule has 1 N–H and O–H groups in total. The van der Waals surface area contributed by atoms with Crippen molar-refractivity contribution in [2.24, 2.45) is 0 Å². The maximum atomic E-state index is 3.52. The third-order valence-corrected chi connectivity index (χ3v) is 2.99. The number of aromatic nitrogens is 1. The smallest absolute Gasteiger partial charge is 0.0265 e. The number of benzene rings is 1. The van der Waals surface area contributed by atoms with Crippen LogP contribution in [0.25, 0.3) is 11.1 Å². The molecule has 0 fully saturated rings. The summed E-state index contributed by atoms with van der Waals surface area (Å²) >= 11 is 6.95. The van der Waals surface area contributed by atoms with E-state index in [1.165, 1.54) is 11.1 Å². The van der Waals surface area contributed by atoms with Crippen molar-refractivity contribution in [2.75, 3.05) is 0 Å². The van der Waals surface area contributed by atoms with Crippen LogP contribution in [0.5, 0.6) is 0 Å². The Labute approximate surface area is 93.4 Å². The molecular formula is C10H7Br2N. The topological polar surface area (TPSA) is 15.8 Å². The standard InChI is InChI=1S/C10H7Br2N/c11-8-1-2-9(10(12)5-8)7-3-4-13-6-7/h1-6,13H. The number of H-pyrrole nitrogens is 1. The Morgan fingerprint density at radius 3 is 2.54 bits per heavy atom. The third-order valence-electron chi connectivity index (χ3n) is 1.84. The lowest BCUT2D eigenvalue weighted by atomic mass is 10.1. The molecule has 0 saturated heterocycles. The van der Waals surface area contributed by atoms with E-state index in [0.717, 1.165) is 8.95 Å². The molecule has 0 atom stereocenters. The predicted molar refractivity (Wildman–Crippen MR) is 61.6 cm³/mol. The number of halogens is 2. The molecule has 0 spiro atoms. The first-order valence-corrected chi connectivity index (χ1v) is 5.44. The van der Waals surface area contributed by atoms with Crippen LogP contribution in [0, 0.1) is 0 Å². The van der Waals surface area contributed by atoms with Gasteiger partial charge >= 0.3 is 0 Å². The second-order valence-corrected chi connectivity index (χ2v) is 4.49. The minimum atomic E-state index is 1.08. The van der Waals surface area contributed by atoms with E-state index in [1.807, 2.05) is 30.6 Å². The highest BCUT2D eigenvalue weighted by Gasteiger charge is 2.02. The van der Waals surface area contributed by atoms with E-state index in [2.05, 4.69) is 42.9 Å². The van der Waals surface area contributed by atoms with Crippen LogP contribution in [0.2, 0.25) is 0 Å². The van der Waals surface area contributed by atoms with Gasteiger partial charge in [0.15, 0.2) is 0 Å². The van der Waals surface area contributed by atoms with Crippen LogP contribution in [0.3, 0.4) is 0 Å². The van der Waals surface area contributed by atoms with Crippen molar-refractivity contribution in [3.63, 3.8) is 0 Å². The second-order valence-electron chi connectivity index (χ2n) is 2.72. The van der Waals surface area contributed by atoms with Gasteiger partial charge in [0.25, 0.3) is 0 Å². The van der Waals surface area contributed by atoms with E-state index in [-0.39, 0.29) is 0 Å². The fourth-order valence-electron chi connectivity index (χ4n) is 1.22. The lowest BCUT2D eigenvalue weighted by molar-refractivity contribution is 1.41. The van der Waals surface area contributed by atoms with Gasteiger partial charge in [-0.05, 0) is 23.8 Å². The van der Waals surface area contributed by atoms with Gasteiger partial charge in [-0.3, -0.25) is 0 Å². The zero-order valence-electron chi connectivity index (χ0n) is 6.72. The van der Waals surface area contributed by atoms with Crippen LogP contribution in [0.4, 0.5) is 0 Å². The van der Waals surface area contributed by atoms with Crippen molar-refractivity contribution >= 4 is 31.9 Å². The average molecular weight is 301 g/mol. The molecule has 0 aliphatic heterocycles. The van der Waals surface area contributed by atoms with Gasteiger partial charge in [0.2, 0.25) is 0 Å². The molecule has 2 rings (SSSR count). The quantitative estimate of drug-likeness (QED) is 0.812. The highest BCUT2D eigenvalue weighted by Crippen LogP contribution is 2.30. The Balaban J connectivity index is 2.53. The molecule has 0 aliphatic rings. The summed E-state index contributed by atoms with van der Waals surface area (Å²) < 4.78 is 2.18. The highest BCUT2D eigenvalue weighted by molar-refractivity contribution is 9.11. The largest absolute Gasteiger partial charge is 0.367 e. The lowest BCUT2D eigenvalue weighted by Gasteiger charge is -2.01. The van der Waals surface area contributed by atoms with E-state index in [4.69, 9.17) is 0 Å². The van der Waals surface area contributed by atoms with Gasteiger partial charge in [0.05, 0.1) is 0 Å². The van der Waals surface area contributed by atoms with Crippen molar-refractivity contribution in [1.82, 2.24) is 4.98 Å². The minimum absolute atomic E-state index is 1.08. The first kappa shape index (κ1) is 9.03. The van der Waals surface area contributed by atoms with Gasteiger partial charge < -0.3 is 4.98 Å². The first-order valence-electron chi connectivity index (χ1n) is 3.85. The van der Waals surface area contributed by atoms with Gasteiger partial charge in [0.1, 0.15) is 0 Å². The van der Waals surface area contributed by atoms with Crippen molar-refractivity contribution in [1.29, 1.82) is 0 Å². The number of aromatic amines is 1. The number of rotatable bonds is 1. The van der Waals surface area contributed by atoms with Crippen LogP contribution in [-0.2, 0) is 0 Å². The molecule has 0 bridgehead atoms. The lowest BCUT2D eigenvalue weighted by Crippen LogP contribution is -1.76. The summed E-state index contributed by atoms with van der Waals surface area (Å²) in [5.74, 6) is 0. The minimum Gasteiger partial charge on any atom is -0.367 e. The summed E-state index contributed by atoms with van der Waals surface area (Å²) in [6.07, 6.45) is 3.90. The fraction of sp³-hybridized carbons (Fsp3) is 0. The number of hydrogen-bond donors (Lipinski definition) is 1. The Bertz CT molecular complexity index is 407. The van der Waals surface area contributed by atoms with Gasteiger partial charge in [-0.25, -0.2) is 0 Å². The molecule has 1 heterocycles. The molecule has 0 unspecified atom stereocenters. The molecule has 0 radical (unpaired) electrons. The summed E-state index contributed by atoms with van der Waals surface area (Å²) in [7, 11) is 0. The SMILES string of the molecule is Brc1ccc(-c2cc[nH]c2)c(Br)c1. The summed E-state index contributed by atoms with van der Waals surface area (Å²) in [4.78, 5) is 3.04. The molecule has 0 amide bonds. The van der Waals surface area contributed by atoms with Crippen LogP contribution in [0.15, 0.2) is 45.6 Å². The molecule has 2 aromatic rings. The fourth-order valence-corrected chi connectivity index (χ4v) is 2.49. The molecule has 3 heteroatoms. The van der Waals surface area contributed by atoms with E-state index < -0.39 is 0 Å². The molecular weight excluding hydrogens is 294 g/mol. The zero-order valence-corrected chi connectivity index (χ0v) is 9.89. The van der Waals surface area contributed by atoms with Crippen LogP contribution >= 0.6 is 31.9 Å². The van der Waals surface area contributed by atoms with E-state index in [9.17, 15) is 0 Å². The van der Waals surface area contributed by atoms with Crippen LogP contribution < -0.4 is 0 Å². The number of hydrogen-bond acceptors (Lipinski definition) is 0. The molecule has 0 saturated carbocycles. The highest BCUT2D eigenvalue weighted by atomic mass is 79.9. The van der Waals surface area contributed by atoms with E-state index in [0.29, 0.717) is 0 Å². The van der Waals surface area contributed by atoms with Gasteiger partial charge in [-0.2, -0.15) is 0 Å². The van der Waals surface area contributed by atoms with Crippen molar-refractivity contribution in [3.05, 3.63) is 45.6 Å². The molecule has 13 heavy (non-hydrogen) atoms. The van der Waals surface area contributed by atoms with E-state index in [1.54, 1.807) is 0 Å². The maximum absolute atomic E-state index is 3.52. The third kappa shape index (κ3) is 1.86. The summed E-state index contributed by atoms with van der Waals surface area (Å²) in [6.45, 7) is 0. The second kappa shape index (κ2) is 3.68. The molecule has 1 aromatic carbocycles. The Morgan fingerprint density at radius 2 is 1.92 bits per heavy atom. The predicted octanol–water partition coefficient (Wildman–Crippen LogP) is 4.21.